The number of nitrogens with one attached hydrogen (secondary N) is 1. The number of hydrogen-bond donors (Lipinski definition) is 3. The Balaban J connectivity index is 2.45. The van der Waals surface area contributed by atoms with Crippen LogP contribution in [0.2, 0.25) is 0 Å². The number of rotatable bonds is 9. The molecule has 1 aromatic heterocycles. The van der Waals surface area contributed by atoms with Crippen molar-refractivity contribution in [3.05, 3.63) is 5.01 Å². The molecular weight excluding hydrogens is 240 g/mol. The van der Waals surface area contributed by atoms with Gasteiger partial charge in [-0.2, -0.15) is 0 Å². The molecule has 0 aliphatic rings. The Labute approximate surface area is 105 Å². The van der Waals surface area contributed by atoms with Crippen LogP contribution < -0.4 is 5.32 Å². The third-order valence-electron chi connectivity index (χ3n) is 2.18. The Morgan fingerprint density at radius 2 is 1.94 bits per heavy atom. The number of aliphatic hydroxyl groups excluding tert-OH is 2. The van der Waals surface area contributed by atoms with Crippen LogP contribution in [0.3, 0.4) is 0 Å². The number of aliphatic hydroxyl groups is 2. The molecule has 0 saturated heterocycles. The molecule has 1 heterocycles. The molecule has 1 aromatic rings. The van der Waals surface area contributed by atoms with Gasteiger partial charge in [0.05, 0.1) is 19.8 Å². The molecular formula is C10H20N4O2S. The van der Waals surface area contributed by atoms with E-state index in [1.165, 1.54) is 11.3 Å². The van der Waals surface area contributed by atoms with Crippen LogP contribution >= 0.6 is 11.3 Å². The minimum absolute atomic E-state index is 0.0831. The third-order valence-corrected chi connectivity index (χ3v) is 3.05. The van der Waals surface area contributed by atoms with E-state index >= 15 is 0 Å². The van der Waals surface area contributed by atoms with Crippen LogP contribution in [0.15, 0.2) is 0 Å². The monoisotopic (exact) mass is 260 g/mol. The molecule has 6 nitrogen and oxygen atoms in total. The van der Waals surface area contributed by atoms with E-state index in [1.54, 1.807) is 0 Å². The summed E-state index contributed by atoms with van der Waals surface area (Å²) in [6, 6.07) is 0. The highest BCUT2D eigenvalue weighted by atomic mass is 32.1. The minimum Gasteiger partial charge on any atom is -0.395 e. The summed E-state index contributed by atoms with van der Waals surface area (Å²) >= 11 is 1.51. The van der Waals surface area contributed by atoms with E-state index < -0.39 is 0 Å². The lowest BCUT2D eigenvalue weighted by Crippen LogP contribution is -2.29. The second-order valence-corrected chi connectivity index (χ2v) is 4.71. The molecule has 0 amide bonds. The van der Waals surface area contributed by atoms with E-state index in [0.717, 1.165) is 23.1 Å². The van der Waals surface area contributed by atoms with Crippen LogP contribution in [0.1, 0.15) is 18.4 Å². The van der Waals surface area contributed by atoms with E-state index in [1.807, 2.05) is 4.90 Å². The first-order valence-corrected chi connectivity index (χ1v) is 6.62. The standard InChI is InChI=1S/C10H20N4O2S/c1-2-3-11-10-13-12-9(17-10)8-14(4-6-15)5-7-16/h15-16H,2-8H2,1H3,(H,11,13). The van der Waals surface area contributed by atoms with Gasteiger partial charge < -0.3 is 15.5 Å². The molecule has 0 aliphatic heterocycles. The van der Waals surface area contributed by atoms with Gasteiger partial charge in [-0.25, -0.2) is 0 Å². The number of aromatic nitrogens is 2. The van der Waals surface area contributed by atoms with Crippen molar-refractivity contribution in [3.8, 4) is 0 Å². The zero-order valence-electron chi connectivity index (χ0n) is 10.1. The molecule has 0 spiro atoms. The first-order chi connectivity index (χ1) is 8.30. The van der Waals surface area contributed by atoms with Gasteiger partial charge in [0.2, 0.25) is 5.13 Å². The van der Waals surface area contributed by atoms with Gasteiger partial charge in [-0.05, 0) is 6.42 Å². The molecule has 98 valence electrons. The average Bonchev–Trinajstić information content (AvgIpc) is 2.75. The van der Waals surface area contributed by atoms with Gasteiger partial charge in [0.15, 0.2) is 0 Å². The van der Waals surface area contributed by atoms with E-state index in [0.29, 0.717) is 19.6 Å². The summed E-state index contributed by atoms with van der Waals surface area (Å²) in [5.74, 6) is 0. The number of nitrogens with zero attached hydrogens (tertiary/aromatic N) is 3. The van der Waals surface area contributed by atoms with Gasteiger partial charge in [-0.15, -0.1) is 10.2 Å². The molecule has 1 rings (SSSR count). The zero-order chi connectivity index (χ0) is 12.5. The first kappa shape index (κ1) is 14.3. The van der Waals surface area contributed by atoms with Gasteiger partial charge in [0, 0.05) is 19.6 Å². The first-order valence-electron chi connectivity index (χ1n) is 5.80. The van der Waals surface area contributed by atoms with E-state index in [4.69, 9.17) is 10.2 Å². The third kappa shape index (κ3) is 5.40. The summed E-state index contributed by atoms with van der Waals surface area (Å²) in [7, 11) is 0. The maximum absolute atomic E-state index is 8.89. The lowest BCUT2D eigenvalue weighted by molar-refractivity contribution is 0.155. The normalized spacial score (nSPS) is 11.1. The van der Waals surface area contributed by atoms with Crippen LogP contribution in [0.4, 0.5) is 5.13 Å². The maximum atomic E-state index is 8.89. The zero-order valence-corrected chi connectivity index (χ0v) is 10.9. The summed E-state index contributed by atoms with van der Waals surface area (Å²) in [5, 5.41) is 30.8. The molecule has 0 atom stereocenters. The molecule has 0 unspecified atom stereocenters. The number of hydrogen-bond acceptors (Lipinski definition) is 7. The molecule has 17 heavy (non-hydrogen) atoms. The topological polar surface area (TPSA) is 81.5 Å². The van der Waals surface area contributed by atoms with Crippen molar-refractivity contribution < 1.29 is 10.2 Å². The van der Waals surface area contributed by atoms with Crippen LogP contribution in [0, 0.1) is 0 Å². The van der Waals surface area contributed by atoms with Gasteiger partial charge in [-0.3, -0.25) is 4.90 Å². The van der Waals surface area contributed by atoms with E-state index in [9.17, 15) is 0 Å². The molecule has 0 radical (unpaired) electrons. The predicted octanol–water partition coefficient (Wildman–Crippen LogP) is 0.147. The summed E-state index contributed by atoms with van der Waals surface area (Å²) in [6.07, 6.45) is 1.05. The summed E-state index contributed by atoms with van der Waals surface area (Å²) in [6.45, 7) is 4.85. The Hall–Kier alpha value is -0.760. The smallest absolute Gasteiger partial charge is 0.205 e. The predicted molar refractivity (Wildman–Crippen MR) is 68.1 cm³/mol. The fourth-order valence-electron chi connectivity index (χ4n) is 1.36. The second kappa shape index (κ2) is 8.35. The highest BCUT2D eigenvalue weighted by Crippen LogP contribution is 2.16. The fourth-order valence-corrected chi connectivity index (χ4v) is 2.17. The minimum atomic E-state index is 0.0831. The van der Waals surface area contributed by atoms with Crippen molar-refractivity contribution in [1.29, 1.82) is 0 Å². The maximum Gasteiger partial charge on any atom is 0.205 e. The van der Waals surface area contributed by atoms with E-state index in [-0.39, 0.29) is 13.2 Å². The summed E-state index contributed by atoms with van der Waals surface area (Å²) < 4.78 is 0. The average molecular weight is 260 g/mol. The van der Waals surface area contributed by atoms with Crippen LogP contribution in [-0.2, 0) is 6.54 Å². The SMILES string of the molecule is CCCNc1nnc(CN(CCO)CCO)s1. The van der Waals surface area contributed by atoms with Crippen molar-refractivity contribution in [2.24, 2.45) is 0 Å². The summed E-state index contributed by atoms with van der Waals surface area (Å²) in [4.78, 5) is 1.95. The molecule has 0 bridgehead atoms. The highest BCUT2D eigenvalue weighted by Gasteiger charge is 2.09. The largest absolute Gasteiger partial charge is 0.395 e. The van der Waals surface area contributed by atoms with Gasteiger partial charge in [0.25, 0.3) is 0 Å². The molecule has 0 fully saturated rings. The highest BCUT2D eigenvalue weighted by molar-refractivity contribution is 7.15. The molecule has 0 saturated carbocycles. The van der Waals surface area contributed by atoms with Crippen LogP contribution in [0.25, 0.3) is 0 Å². The number of anilines is 1. The Kier molecular flexibility index (Phi) is 7.02. The molecule has 0 aromatic carbocycles. The molecule has 7 heteroatoms. The van der Waals surface area contributed by atoms with Crippen molar-refractivity contribution >= 4 is 16.5 Å². The van der Waals surface area contributed by atoms with Gasteiger partial charge in [-0.1, -0.05) is 18.3 Å². The summed E-state index contributed by atoms with van der Waals surface area (Å²) in [5.41, 5.74) is 0. The lowest BCUT2D eigenvalue weighted by Gasteiger charge is -2.17. The van der Waals surface area contributed by atoms with Crippen LogP contribution in [-0.4, -0.2) is 58.2 Å². The van der Waals surface area contributed by atoms with Gasteiger partial charge >= 0.3 is 0 Å². The second-order valence-electron chi connectivity index (χ2n) is 3.65. The van der Waals surface area contributed by atoms with E-state index in [2.05, 4.69) is 22.4 Å². The Bertz CT molecular complexity index is 302. The van der Waals surface area contributed by atoms with Crippen molar-refractivity contribution in [3.63, 3.8) is 0 Å². The molecule has 3 N–H and O–H groups in total. The Morgan fingerprint density at radius 3 is 2.53 bits per heavy atom. The van der Waals surface area contributed by atoms with Crippen molar-refractivity contribution in [2.75, 3.05) is 38.2 Å². The molecule has 0 aliphatic carbocycles. The quantitative estimate of drug-likeness (QED) is 0.586. The van der Waals surface area contributed by atoms with Crippen LogP contribution in [0.5, 0.6) is 0 Å². The van der Waals surface area contributed by atoms with Crippen molar-refractivity contribution in [1.82, 2.24) is 15.1 Å². The van der Waals surface area contributed by atoms with Gasteiger partial charge in [0.1, 0.15) is 5.01 Å². The fraction of sp³-hybridized carbons (Fsp3) is 0.800. The van der Waals surface area contributed by atoms with Crippen molar-refractivity contribution in [2.45, 2.75) is 19.9 Å². The Morgan fingerprint density at radius 1 is 1.24 bits per heavy atom. The lowest BCUT2D eigenvalue weighted by atomic mass is 10.4.